The number of amides is 1. The van der Waals surface area contributed by atoms with Crippen molar-refractivity contribution in [2.75, 3.05) is 19.7 Å². The highest BCUT2D eigenvalue weighted by molar-refractivity contribution is 5.81. The lowest BCUT2D eigenvalue weighted by Crippen LogP contribution is -2.43. The third-order valence-corrected chi connectivity index (χ3v) is 1.85. The molecule has 4 heteroatoms. The molecular weight excluding hydrogens is 168 g/mol. The maximum absolute atomic E-state index is 11.4. The largest absolute Gasteiger partial charge is 0.395 e. The van der Waals surface area contributed by atoms with Crippen molar-refractivity contribution in [1.29, 1.82) is 0 Å². The van der Waals surface area contributed by atoms with E-state index < -0.39 is 6.04 Å². The first kappa shape index (κ1) is 12.4. The Hall–Kier alpha value is -0.610. The van der Waals surface area contributed by atoms with Crippen LogP contribution in [0.25, 0.3) is 0 Å². The molecule has 0 aliphatic heterocycles. The van der Waals surface area contributed by atoms with Crippen LogP contribution in [0.15, 0.2) is 0 Å². The molecule has 0 unspecified atom stereocenters. The van der Waals surface area contributed by atoms with E-state index in [1.165, 1.54) is 0 Å². The first-order valence-electron chi connectivity index (χ1n) is 4.78. The number of nitrogens with two attached hydrogens (primary N) is 1. The van der Waals surface area contributed by atoms with Gasteiger partial charge in [-0.15, -0.1) is 0 Å². The summed E-state index contributed by atoms with van der Waals surface area (Å²) in [4.78, 5) is 13.0. The molecule has 4 nitrogen and oxygen atoms in total. The van der Waals surface area contributed by atoms with Gasteiger partial charge in [-0.25, -0.2) is 0 Å². The maximum atomic E-state index is 11.4. The van der Waals surface area contributed by atoms with E-state index >= 15 is 0 Å². The molecule has 1 amide bonds. The Morgan fingerprint density at radius 2 is 2.15 bits per heavy atom. The number of aliphatic hydroxyl groups excluding tert-OH is 1. The first-order chi connectivity index (χ1) is 6.13. The van der Waals surface area contributed by atoms with E-state index in [9.17, 15) is 4.79 Å². The van der Waals surface area contributed by atoms with Crippen LogP contribution >= 0.6 is 0 Å². The lowest BCUT2D eigenvalue weighted by Gasteiger charge is -2.23. The van der Waals surface area contributed by atoms with Crippen molar-refractivity contribution < 1.29 is 9.90 Å². The molecule has 0 aromatic heterocycles. The number of aliphatic hydroxyl groups is 1. The van der Waals surface area contributed by atoms with E-state index in [2.05, 4.69) is 6.92 Å². The van der Waals surface area contributed by atoms with Gasteiger partial charge in [-0.1, -0.05) is 13.3 Å². The standard InChI is InChI=1S/C9H20N2O2/c1-3-4-5-11(6-7-12)9(13)8(2)10/h8,12H,3-7,10H2,1-2H3/t8-/m1/s1. The second-order valence-electron chi connectivity index (χ2n) is 3.19. The van der Waals surface area contributed by atoms with E-state index in [-0.39, 0.29) is 12.5 Å². The van der Waals surface area contributed by atoms with Gasteiger partial charge in [-0.3, -0.25) is 4.79 Å². The zero-order valence-electron chi connectivity index (χ0n) is 8.49. The van der Waals surface area contributed by atoms with Crippen molar-refractivity contribution >= 4 is 5.91 Å². The Morgan fingerprint density at radius 3 is 2.54 bits per heavy atom. The molecule has 13 heavy (non-hydrogen) atoms. The Balaban J connectivity index is 3.99. The van der Waals surface area contributed by atoms with Crippen molar-refractivity contribution in [3.05, 3.63) is 0 Å². The van der Waals surface area contributed by atoms with Crippen molar-refractivity contribution in [2.45, 2.75) is 32.7 Å². The minimum absolute atomic E-state index is 0.00216. The molecule has 0 aliphatic carbocycles. The molecule has 0 aromatic carbocycles. The Kier molecular flexibility index (Phi) is 6.54. The van der Waals surface area contributed by atoms with Gasteiger partial charge in [0.05, 0.1) is 12.6 Å². The van der Waals surface area contributed by atoms with Crippen LogP contribution in [-0.2, 0) is 4.79 Å². The van der Waals surface area contributed by atoms with E-state index in [0.717, 1.165) is 12.8 Å². The zero-order valence-corrected chi connectivity index (χ0v) is 8.49. The number of hydrogen-bond donors (Lipinski definition) is 2. The van der Waals surface area contributed by atoms with E-state index in [4.69, 9.17) is 10.8 Å². The van der Waals surface area contributed by atoms with Gasteiger partial charge in [0.15, 0.2) is 0 Å². The fourth-order valence-corrected chi connectivity index (χ4v) is 1.09. The number of unbranched alkanes of at least 4 members (excludes halogenated alkanes) is 1. The average molecular weight is 188 g/mol. The van der Waals surface area contributed by atoms with Crippen LogP contribution < -0.4 is 5.73 Å². The van der Waals surface area contributed by atoms with Gasteiger partial charge in [0, 0.05) is 13.1 Å². The van der Waals surface area contributed by atoms with Gasteiger partial charge in [0.25, 0.3) is 0 Å². The molecule has 0 radical (unpaired) electrons. The van der Waals surface area contributed by atoms with E-state index in [1.807, 2.05) is 0 Å². The van der Waals surface area contributed by atoms with E-state index in [0.29, 0.717) is 13.1 Å². The Labute approximate surface area is 79.7 Å². The van der Waals surface area contributed by atoms with E-state index in [1.54, 1.807) is 11.8 Å². The monoisotopic (exact) mass is 188 g/mol. The lowest BCUT2D eigenvalue weighted by atomic mass is 10.2. The minimum atomic E-state index is -0.469. The highest BCUT2D eigenvalue weighted by atomic mass is 16.3. The zero-order chi connectivity index (χ0) is 10.3. The fourth-order valence-electron chi connectivity index (χ4n) is 1.09. The molecule has 0 aromatic rings. The first-order valence-corrected chi connectivity index (χ1v) is 4.78. The van der Waals surface area contributed by atoms with Gasteiger partial charge in [0.2, 0.25) is 5.91 Å². The summed E-state index contributed by atoms with van der Waals surface area (Å²) in [6.45, 7) is 4.81. The highest BCUT2D eigenvalue weighted by Crippen LogP contribution is 1.97. The Bertz CT molecular complexity index is 149. The molecule has 0 heterocycles. The number of carbonyl (C=O) groups is 1. The summed E-state index contributed by atoms with van der Waals surface area (Å²) in [6.07, 6.45) is 1.99. The van der Waals surface area contributed by atoms with Gasteiger partial charge in [-0.05, 0) is 13.3 Å². The van der Waals surface area contributed by atoms with Gasteiger partial charge in [0.1, 0.15) is 0 Å². The Morgan fingerprint density at radius 1 is 1.54 bits per heavy atom. The number of rotatable bonds is 6. The van der Waals surface area contributed by atoms with Crippen LogP contribution in [0, 0.1) is 0 Å². The summed E-state index contributed by atoms with van der Waals surface area (Å²) in [5, 5.41) is 8.73. The molecule has 0 fully saturated rings. The van der Waals surface area contributed by atoms with Crippen LogP contribution in [0.3, 0.4) is 0 Å². The SMILES string of the molecule is CCCCN(CCO)C(=O)[C@@H](C)N. The molecule has 3 N–H and O–H groups in total. The van der Waals surface area contributed by atoms with Crippen molar-refractivity contribution in [1.82, 2.24) is 4.90 Å². The summed E-state index contributed by atoms with van der Waals surface area (Å²) in [6, 6.07) is -0.469. The summed E-state index contributed by atoms with van der Waals surface area (Å²) >= 11 is 0. The third-order valence-electron chi connectivity index (χ3n) is 1.85. The fraction of sp³-hybridized carbons (Fsp3) is 0.889. The van der Waals surface area contributed by atoms with Crippen LogP contribution in [-0.4, -0.2) is 41.7 Å². The smallest absolute Gasteiger partial charge is 0.239 e. The summed E-state index contributed by atoms with van der Waals surface area (Å²) in [7, 11) is 0. The average Bonchev–Trinajstić information content (AvgIpc) is 2.11. The predicted molar refractivity (Wildman–Crippen MR) is 52.2 cm³/mol. The summed E-state index contributed by atoms with van der Waals surface area (Å²) in [5.41, 5.74) is 5.47. The van der Waals surface area contributed by atoms with Gasteiger partial charge < -0.3 is 15.7 Å². The summed E-state index contributed by atoms with van der Waals surface area (Å²) < 4.78 is 0. The van der Waals surface area contributed by atoms with Crippen molar-refractivity contribution in [2.24, 2.45) is 5.73 Å². The number of carbonyl (C=O) groups excluding carboxylic acids is 1. The minimum Gasteiger partial charge on any atom is -0.395 e. The molecule has 0 aliphatic rings. The maximum Gasteiger partial charge on any atom is 0.239 e. The number of hydrogen-bond acceptors (Lipinski definition) is 3. The topological polar surface area (TPSA) is 66.6 Å². The predicted octanol–water partition coefficient (Wildman–Crippen LogP) is -0.0454. The normalized spacial score (nSPS) is 12.6. The van der Waals surface area contributed by atoms with Gasteiger partial charge >= 0.3 is 0 Å². The molecule has 0 saturated heterocycles. The highest BCUT2D eigenvalue weighted by Gasteiger charge is 2.15. The molecule has 0 rings (SSSR count). The van der Waals surface area contributed by atoms with Gasteiger partial charge in [-0.2, -0.15) is 0 Å². The molecule has 78 valence electrons. The van der Waals surface area contributed by atoms with Crippen LogP contribution in [0.4, 0.5) is 0 Å². The van der Waals surface area contributed by atoms with Crippen molar-refractivity contribution in [3.63, 3.8) is 0 Å². The van der Waals surface area contributed by atoms with Crippen molar-refractivity contribution in [3.8, 4) is 0 Å². The molecule has 0 bridgehead atoms. The van der Waals surface area contributed by atoms with Crippen LogP contribution in [0.1, 0.15) is 26.7 Å². The van der Waals surface area contributed by atoms with Crippen LogP contribution in [0.2, 0.25) is 0 Å². The molecule has 0 spiro atoms. The third kappa shape index (κ3) is 4.85. The second-order valence-corrected chi connectivity index (χ2v) is 3.19. The molecule has 0 saturated carbocycles. The second kappa shape index (κ2) is 6.86. The molecule has 1 atom stereocenters. The van der Waals surface area contributed by atoms with Crippen LogP contribution in [0.5, 0.6) is 0 Å². The number of nitrogens with zero attached hydrogens (tertiary/aromatic N) is 1. The lowest BCUT2D eigenvalue weighted by molar-refractivity contribution is -0.132. The summed E-state index contributed by atoms with van der Waals surface area (Å²) in [5.74, 6) is -0.0810. The molecular formula is C9H20N2O2. The quantitative estimate of drug-likeness (QED) is 0.614.